The number of aryl methyl sites for hydroxylation is 1. The molecule has 130 valence electrons. The van der Waals surface area contributed by atoms with Crippen LogP contribution in [-0.2, 0) is 6.54 Å². The maximum Gasteiger partial charge on any atom is 0.228 e. The lowest BCUT2D eigenvalue weighted by Crippen LogP contribution is -2.45. The number of nitrogens with one attached hydrogen (secondary N) is 1. The van der Waals surface area contributed by atoms with E-state index in [4.69, 9.17) is 9.97 Å². The molecule has 3 aromatic heterocycles. The topological polar surface area (TPSA) is 57.2 Å². The van der Waals surface area contributed by atoms with Crippen molar-refractivity contribution in [3.63, 3.8) is 0 Å². The first kappa shape index (κ1) is 16.2. The third-order valence-electron chi connectivity index (χ3n) is 4.50. The second kappa shape index (κ2) is 6.93. The molecule has 7 heteroatoms. The van der Waals surface area contributed by atoms with E-state index in [1.54, 1.807) is 11.3 Å². The summed E-state index contributed by atoms with van der Waals surface area (Å²) in [6.45, 7) is 6.73. The number of anilines is 2. The van der Waals surface area contributed by atoms with E-state index < -0.39 is 0 Å². The highest BCUT2D eigenvalue weighted by Crippen LogP contribution is 2.25. The fraction of sp³-hybridized carbons (Fsp3) is 0.389. The number of rotatable bonds is 4. The molecule has 1 aliphatic rings. The van der Waals surface area contributed by atoms with Crippen molar-refractivity contribution in [2.45, 2.75) is 13.5 Å². The SMILES string of the molecule is Cc1cc2c(NCc3cccs3)nc(N3CCN(C)CC3)nc2cn1. The lowest BCUT2D eigenvalue weighted by Gasteiger charge is -2.32. The summed E-state index contributed by atoms with van der Waals surface area (Å²) in [4.78, 5) is 19.9. The van der Waals surface area contributed by atoms with Gasteiger partial charge in [-0.3, -0.25) is 4.98 Å². The lowest BCUT2D eigenvalue weighted by molar-refractivity contribution is 0.311. The molecule has 0 amide bonds. The molecule has 0 atom stereocenters. The van der Waals surface area contributed by atoms with Gasteiger partial charge >= 0.3 is 0 Å². The number of fused-ring (bicyclic) bond motifs is 1. The first-order chi connectivity index (χ1) is 12.2. The number of pyridine rings is 1. The second-order valence-corrected chi connectivity index (χ2v) is 7.47. The Balaban J connectivity index is 1.68. The Morgan fingerprint density at radius 3 is 2.80 bits per heavy atom. The maximum absolute atomic E-state index is 4.85. The van der Waals surface area contributed by atoms with Gasteiger partial charge in [0.25, 0.3) is 0 Å². The van der Waals surface area contributed by atoms with Gasteiger partial charge in [-0.25, -0.2) is 4.98 Å². The van der Waals surface area contributed by atoms with Gasteiger partial charge in [-0.2, -0.15) is 4.98 Å². The zero-order chi connectivity index (χ0) is 17.2. The zero-order valence-corrected chi connectivity index (χ0v) is 15.4. The highest BCUT2D eigenvalue weighted by Gasteiger charge is 2.18. The molecule has 0 saturated carbocycles. The highest BCUT2D eigenvalue weighted by molar-refractivity contribution is 7.09. The number of hydrogen-bond acceptors (Lipinski definition) is 7. The van der Waals surface area contributed by atoms with E-state index in [-0.39, 0.29) is 0 Å². The largest absolute Gasteiger partial charge is 0.364 e. The molecule has 3 aromatic rings. The number of likely N-dealkylation sites (N-methyl/N-ethyl adjacent to an activating group) is 1. The van der Waals surface area contributed by atoms with Gasteiger partial charge in [-0.1, -0.05) is 6.07 Å². The molecule has 4 rings (SSSR count). The molecule has 1 saturated heterocycles. The van der Waals surface area contributed by atoms with Gasteiger partial charge in [-0.15, -0.1) is 11.3 Å². The summed E-state index contributed by atoms with van der Waals surface area (Å²) in [5, 5.41) is 6.63. The molecule has 1 aliphatic heterocycles. The Morgan fingerprint density at radius 2 is 2.04 bits per heavy atom. The van der Waals surface area contributed by atoms with Crippen LogP contribution in [0.25, 0.3) is 10.9 Å². The Bertz CT molecular complexity index is 855. The number of thiophene rings is 1. The van der Waals surface area contributed by atoms with Gasteiger partial charge in [0.05, 0.1) is 18.3 Å². The molecule has 0 aromatic carbocycles. The molecular weight excluding hydrogens is 332 g/mol. The van der Waals surface area contributed by atoms with Crippen LogP contribution < -0.4 is 10.2 Å². The molecule has 6 nitrogen and oxygen atoms in total. The maximum atomic E-state index is 4.85. The predicted molar refractivity (Wildman–Crippen MR) is 103 cm³/mol. The molecule has 0 bridgehead atoms. The van der Waals surface area contributed by atoms with Crippen LogP contribution in [0.3, 0.4) is 0 Å². The molecular formula is C18H22N6S. The van der Waals surface area contributed by atoms with Crippen molar-refractivity contribution < 1.29 is 0 Å². The second-order valence-electron chi connectivity index (χ2n) is 6.44. The fourth-order valence-electron chi connectivity index (χ4n) is 2.99. The minimum absolute atomic E-state index is 0.771. The summed E-state index contributed by atoms with van der Waals surface area (Å²) in [7, 11) is 2.15. The zero-order valence-electron chi connectivity index (χ0n) is 14.6. The number of piperazine rings is 1. The molecule has 25 heavy (non-hydrogen) atoms. The first-order valence-electron chi connectivity index (χ1n) is 8.53. The van der Waals surface area contributed by atoms with Crippen molar-refractivity contribution in [2.24, 2.45) is 0 Å². The summed E-state index contributed by atoms with van der Waals surface area (Å²) >= 11 is 1.75. The van der Waals surface area contributed by atoms with Crippen LogP contribution in [0.2, 0.25) is 0 Å². The van der Waals surface area contributed by atoms with E-state index in [9.17, 15) is 0 Å². The molecule has 0 aliphatic carbocycles. The monoisotopic (exact) mass is 354 g/mol. The molecule has 0 spiro atoms. The summed E-state index contributed by atoms with van der Waals surface area (Å²) in [5.41, 5.74) is 1.87. The van der Waals surface area contributed by atoms with E-state index in [2.05, 4.69) is 50.7 Å². The van der Waals surface area contributed by atoms with Crippen molar-refractivity contribution in [3.05, 3.63) is 40.3 Å². The van der Waals surface area contributed by atoms with Crippen molar-refractivity contribution in [1.29, 1.82) is 0 Å². The Kier molecular flexibility index (Phi) is 4.50. The predicted octanol–water partition coefficient (Wildman–Crippen LogP) is 2.76. The summed E-state index contributed by atoms with van der Waals surface area (Å²) in [6.07, 6.45) is 1.85. The average Bonchev–Trinajstić information content (AvgIpc) is 3.14. The quantitative estimate of drug-likeness (QED) is 0.777. The summed E-state index contributed by atoms with van der Waals surface area (Å²) < 4.78 is 0. The van der Waals surface area contributed by atoms with Crippen LogP contribution in [0.5, 0.6) is 0 Å². The Labute approximate surface area is 151 Å². The van der Waals surface area contributed by atoms with E-state index >= 15 is 0 Å². The van der Waals surface area contributed by atoms with Gasteiger partial charge in [0.1, 0.15) is 5.82 Å². The minimum atomic E-state index is 0.771. The van der Waals surface area contributed by atoms with Crippen LogP contribution in [0.15, 0.2) is 29.8 Å². The highest BCUT2D eigenvalue weighted by atomic mass is 32.1. The molecule has 1 fully saturated rings. The lowest BCUT2D eigenvalue weighted by atomic mass is 10.2. The number of nitrogens with zero attached hydrogens (tertiary/aromatic N) is 5. The van der Waals surface area contributed by atoms with E-state index in [1.807, 2.05) is 13.1 Å². The van der Waals surface area contributed by atoms with E-state index in [1.165, 1.54) is 4.88 Å². The van der Waals surface area contributed by atoms with E-state index in [0.717, 1.165) is 61.1 Å². The molecule has 1 N–H and O–H groups in total. The van der Waals surface area contributed by atoms with Crippen molar-refractivity contribution in [2.75, 3.05) is 43.4 Å². The van der Waals surface area contributed by atoms with Crippen molar-refractivity contribution >= 4 is 34.0 Å². The summed E-state index contributed by atoms with van der Waals surface area (Å²) in [5.74, 6) is 1.68. The van der Waals surface area contributed by atoms with Gasteiger partial charge in [0, 0.05) is 42.1 Å². The van der Waals surface area contributed by atoms with Crippen LogP contribution >= 0.6 is 11.3 Å². The number of aromatic nitrogens is 3. The molecule has 0 unspecified atom stereocenters. The third-order valence-corrected chi connectivity index (χ3v) is 5.38. The average molecular weight is 354 g/mol. The van der Waals surface area contributed by atoms with Crippen LogP contribution in [-0.4, -0.2) is 53.1 Å². The van der Waals surface area contributed by atoms with Crippen molar-refractivity contribution in [3.8, 4) is 0 Å². The van der Waals surface area contributed by atoms with Gasteiger partial charge in [0.15, 0.2) is 0 Å². The number of hydrogen-bond donors (Lipinski definition) is 1. The fourth-order valence-corrected chi connectivity index (χ4v) is 3.64. The third kappa shape index (κ3) is 3.57. The molecule has 0 radical (unpaired) electrons. The van der Waals surface area contributed by atoms with Crippen LogP contribution in [0.4, 0.5) is 11.8 Å². The van der Waals surface area contributed by atoms with Crippen LogP contribution in [0.1, 0.15) is 10.6 Å². The minimum Gasteiger partial charge on any atom is -0.364 e. The Morgan fingerprint density at radius 1 is 1.20 bits per heavy atom. The smallest absolute Gasteiger partial charge is 0.228 e. The Hall–Kier alpha value is -2.25. The van der Waals surface area contributed by atoms with Gasteiger partial charge in [0.2, 0.25) is 5.95 Å². The normalized spacial score (nSPS) is 15.7. The van der Waals surface area contributed by atoms with Gasteiger partial charge in [-0.05, 0) is 31.5 Å². The van der Waals surface area contributed by atoms with Crippen molar-refractivity contribution in [1.82, 2.24) is 19.9 Å². The standard InChI is InChI=1S/C18H22N6S/c1-13-10-15-16(12-19-13)21-18(24-7-5-23(2)6-8-24)22-17(15)20-11-14-4-3-9-25-14/h3-4,9-10,12H,5-8,11H2,1-2H3,(H,20,21,22). The summed E-state index contributed by atoms with van der Waals surface area (Å²) in [6, 6.07) is 6.26. The van der Waals surface area contributed by atoms with Gasteiger partial charge < -0.3 is 15.1 Å². The molecule has 4 heterocycles. The van der Waals surface area contributed by atoms with Crippen LogP contribution in [0, 0.1) is 6.92 Å². The van der Waals surface area contributed by atoms with E-state index in [0.29, 0.717) is 0 Å². The first-order valence-corrected chi connectivity index (χ1v) is 9.41.